The van der Waals surface area contributed by atoms with Gasteiger partial charge in [-0.25, -0.2) is 0 Å². The molecule has 4 heterocycles. The first-order valence-corrected chi connectivity index (χ1v) is 12.1. The number of aliphatic hydroxyl groups is 9. The van der Waals surface area contributed by atoms with Gasteiger partial charge < -0.3 is 83.9 Å². The molecule has 4 saturated heterocycles. The van der Waals surface area contributed by atoms with Crippen LogP contribution in [0, 0.1) is 0 Å². The summed E-state index contributed by atoms with van der Waals surface area (Å²) in [5.41, 5.74) is 0. The highest BCUT2D eigenvalue weighted by Crippen LogP contribution is 2.28. The van der Waals surface area contributed by atoms with Crippen LogP contribution in [0.25, 0.3) is 0 Å². The van der Waals surface area contributed by atoms with Crippen LogP contribution in [0.15, 0.2) is 0 Å². The van der Waals surface area contributed by atoms with Gasteiger partial charge in [0.1, 0.15) is 73.2 Å². The van der Waals surface area contributed by atoms with Crippen molar-refractivity contribution in [3.05, 3.63) is 0 Å². The van der Waals surface area contributed by atoms with Crippen molar-refractivity contribution < 1.29 is 83.9 Å². The average Bonchev–Trinajstić information content (AvgIpc) is 2.90. The molecule has 0 bridgehead atoms. The van der Waals surface area contributed by atoms with Gasteiger partial charge in [-0.05, 0) is 0 Å². The van der Waals surface area contributed by atoms with E-state index in [0.717, 1.165) is 0 Å². The van der Waals surface area contributed by atoms with E-state index in [4.69, 9.17) is 37.9 Å². The van der Waals surface area contributed by atoms with E-state index < -0.39 is 98.4 Å². The van der Waals surface area contributed by atoms with Crippen LogP contribution < -0.4 is 0 Å². The summed E-state index contributed by atoms with van der Waals surface area (Å²) in [5.74, 6) is 0. The normalized spacial score (nSPS) is 52.6. The van der Waals surface area contributed by atoms with Crippen molar-refractivity contribution >= 4 is 0 Å². The first-order chi connectivity index (χ1) is 18.0. The summed E-state index contributed by atoms with van der Waals surface area (Å²) >= 11 is 0. The smallest absolute Gasteiger partial charge is 0.186 e. The second-order valence-electron chi connectivity index (χ2n) is 9.56. The van der Waals surface area contributed by atoms with Gasteiger partial charge in [-0.15, -0.1) is 0 Å². The molecular weight excluding hydrogens is 524 g/mol. The number of hydrogen-bond acceptors (Lipinski definition) is 17. The number of hydrogen-bond donors (Lipinski definition) is 9. The molecule has 0 aromatic carbocycles. The molecule has 16 unspecified atom stereocenters. The van der Waals surface area contributed by atoms with E-state index in [1.165, 1.54) is 7.11 Å². The van der Waals surface area contributed by atoms with Crippen LogP contribution in [0.1, 0.15) is 0 Å². The van der Waals surface area contributed by atoms with Crippen LogP contribution in [0.2, 0.25) is 0 Å². The van der Waals surface area contributed by atoms with E-state index in [1.807, 2.05) is 0 Å². The van der Waals surface area contributed by atoms with Gasteiger partial charge in [-0.2, -0.15) is 0 Å². The summed E-state index contributed by atoms with van der Waals surface area (Å²) in [5, 5.41) is 91.5. The Morgan fingerprint density at radius 2 is 0.737 bits per heavy atom. The minimum Gasteiger partial charge on any atom is -0.388 e. The van der Waals surface area contributed by atoms with Crippen molar-refractivity contribution in [3.63, 3.8) is 0 Å². The molecule has 4 fully saturated rings. The monoisotopic (exact) mass is 560 g/mol. The maximum atomic E-state index is 10.6. The van der Waals surface area contributed by atoms with Crippen LogP contribution in [0.5, 0.6) is 0 Å². The Balaban J connectivity index is 1.27. The summed E-state index contributed by atoms with van der Waals surface area (Å²) < 4.78 is 42.5. The Hall–Kier alpha value is -0.680. The fourth-order valence-electron chi connectivity index (χ4n) is 4.53. The molecule has 0 radical (unpaired) electrons. The largest absolute Gasteiger partial charge is 0.388 e. The van der Waals surface area contributed by atoms with Crippen molar-refractivity contribution in [2.45, 2.75) is 98.4 Å². The molecule has 17 nitrogen and oxygen atoms in total. The van der Waals surface area contributed by atoms with Gasteiger partial charge in [-0.1, -0.05) is 0 Å². The number of rotatable bonds is 7. The van der Waals surface area contributed by atoms with E-state index in [0.29, 0.717) is 0 Å². The maximum absolute atomic E-state index is 10.6. The van der Waals surface area contributed by atoms with Crippen LogP contribution in [0.3, 0.4) is 0 Å². The second-order valence-corrected chi connectivity index (χ2v) is 9.56. The van der Waals surface area contributed by atoms with Gasteiger partial charge in [-0.3, -0.25) is 0 Å². The lowest BCUT2D eigenvalue weighted by molar-refractivity contribution is -0.357. The Morgan fingerprint density at radius 1 is 0.421 bits per heavy atom. The van der Waals surface area contributed by atoms with Crippen molar-refractivity contribution in [2.24, 2.45) is 0 Å². The van der Waals surface area contributed by atoms with Crippen molar-refractivity contribution in [1.29, 1.82) is 0 Å². The van der Waals surface area contributed by atoms with Gasteiger partial charge in [0.2, 0.25) is 0 Å². The minimum absolute atomic E-state index is 0.189. The summed E-state index contributed by atoms with van der Waals surface area (Å²) in [6, 6.07) is 0. The Labute approximate surface area is 216 Å². The van der Waals surface area contributed by atoms with Crippen LogP contribution in [-0.2, 0) is 37.9 Å². The van der Waals surface area contributed by atoms with Crippen LogP contribution in [-0.4, -0.2) is 178 Å². The van der Waals surface area contributed by atoms with Crippen molar-refractivity contribution in [1.82, 2.24) is 0 Å². The molecule has 0 aromatic rings. The molecule has 38 heavy (non-hydrogen) atoms. The maximum Gasteiger partial charge on any atom is 0.186 e. The Bertz CT molecular complexity index is 747. The van der Waals surface area contributed by atoms with E-state index in [-0.39, 0.29) is 26.4 Å². The predicted molar refractivity (Wildman–Crippen MR) is 115 cm³/mol. The van der Waals surface area contributed by atoms with Crippen LogP contribution >= 0.6 is 0 Å². The number of methoxy groups -OCH3 is 1. The molecule has 17 heteroatoms. The SMILES string of the molecule is COC1OCC(OC2OCC(OC3OCC(OC4OCC(O)C(O)C4O)C(O)C3O)C(O)C2O)C(O)C1O. The average molecular weight is 561 g/mol. The molecule has 16 atom stereocenters. The third-order valence-corrected chi connectivity index (χ3v) is 6.92. The first-order valence-electron chi connectivity index (χ1n) is 12.1. The first kappa shape index (κ1) is 30.3. The van der Waals surface area contributed by atoms with Gasteiger partial charge >= 0.3 is 0 Å². The summed E-state index contributed by atoms with van der Waals surface area (Å²) in [7, 11) is 1.29. The van der Waals surface area contributed by atoms with Gasteiger partial charge in [0.05, 0.1) is 26.4 Å². The molecule has 0 spiro atoms. The minimum atomic E-state index is -1.70. The zero-order valence-electron chi connectivity index (χ0n) is 20.4. The molecular formula is C21H36O17. The lowest BCUT2D eigenvalue weighted by Gasteiger charge is -2.44. The molecule has 0 saturated carbocycles. The van der Waals surface area contributed by atoms with Crippen LogP contribution in [0.4, 0.5) is 0 Å². The van der Waals surface area contributed by atoms with Gasteiger partial charge in [0, 0.05) is 7.11 Å². The second kappa shape index (κ2) is 12.9. The topological polar surface area (TPSA) is 256 Å². The van der Waals surface area contributed by atoms with E-state index >= 15 is 0 Å². The summed E-state index contributed by atoms with van der Waals surface area (Å²) in [6.07, 6.45) is -22.8. The quantitative estimate of drug-likeness (QED) is 0.140. The third-order valence-electron chi connectivity index (χ3n) is 6.92. The Morgan fingerprint density at radius 3 is 1.13 bits per heavy atom. The molecule has 4 aliphatic heterocycles. The summed E-state index contributed by atoms with van der Waals surface area (Å²) in [6.45, 7) is -1.21. The molecule has 0 aromatic heterocycles. The van der Waals surface area contributed by atoms with E-state index in [2.05, 4.69) is 0 Å². The molecule has 222 valence electrons. The molecule has 9 N–H and O–H groups in total. The van der Waals surface area contributed by atoms with E-state index in [1.54, 1.807) is 0 Å². The fourth-order valence-corrected chi connectivity index (χ4v) is 4.53. The molecule has 4 rings (SSSR count). The lowest BCUT2D eigenvalue weighted by atomic mass is 10.0. The van der Waals surface area contributed by atoms with E-state index in [9.17, 15) is 46.0 Å². The fraction of sp³-hybridized carbons (Fsp3) is 1.00. The molecule has 4 aliphatic rings. The number of aliphatic hydroxyl groups excluding tert-OH is 9. The number of ether oxygens (including phenoxy) is 8. The molecule has 0 aliphatic carbocycles. The molecule has 0 amide bonds. The summed E-state index contributed by atoms with van der Waals surface area (Å²) in [4.78, 5) is 0. The predicted octanol–water partition coefficient (Wildman–Crippen LogP) is -6.54. The van der Waals surface area contributed by atoms with Crippen molar-refractivity contribution in [2.75, 3.05) is 33.5 Å². The highest BCUT2D eigenvalue weighted by Gasteiger charge is 2.49. The highest BCUT2D eigenvalue weighted by molar-refractivity contribution is 4.91. The van der Waals surface area contributed by atoms with Gasteiger partial charge in [0.25, 0.3) is 0 Å². The Kier molecular flexibility index (Phi) is 10.3. The third kappa shape index (κ3) is 6.29. The van der Waals surface area contributed by atoms with Crippen molar-refractivity contribution in [3.8, 4) is 0 Å². The zero-order valence-corrected chi connectivity index (χ0v) is 20.4. The zero-order chi connectivity index (χ0) is 27.7. The van der Waals surface area contributed by atoms with Gasteiger partial charge in [0.15, 0.2) is 25.2 Å². The standard InChI is InChI=1S/C21H36O17/c1-31-18-15(28)11(24)7(3-33-18)37-20-17(30)13(26)9(5-35-20)38-21-16(29)12(25)8(4-34-21)36-19-14(27)10(23)6(22)2-32-19/h6-30H,2-5H2,1H3. The lowest BCUT2D eigenvalue weighted by Crippen LogP contribution is -2.62. The highest BCUT2D eigenvalue weighted by atomic mass is 16.8.